The quantitative estimate of drug-likeness (QED) is 0.407. The van der Waals surface area contributed by atoms with Crippen LogP contribution >= 0.6 is 23.2 Å². The molecule has 3 aromatic rings. The molecule has 3 aromatic carbocycles. The average Bonchev–Trinajstić information content (AvgIpc) is 2.73. The normalized spacial score (nSPS) is 10.7. The van der Waals surface area contributed by atoms with Gasteiger partial charge in [-0.05, 0) is 41.5 Å². The second-order valence-corrected chi connectivity index (χ2v) is 6.86. The fourth-order valence-electron chi connectivity index (χ4n) is 2.54. The van der Waals surface area contributed by atoms with Gasteiger partial charge < -0.3 is 9.47 Å². The van der Waals surface area contributed by atoms with Crippen molar-refractivity contribution >= 4 is 35.3 Å². The predicted octanol–water partition coefficient (Wildman–Crippen LogP) is 5.34. The van der Waals surface area contributed by atoms with Crippen molar-refractivity contribution < 1.29 is 14.3 Å². The van der Waals surface area contributed by atoms with Crippen molar-refractivity contribution in [3.05, 3.63) is 93.5 Å². The van der Waals surface area contributed by atoms with Crippen LogP contribution in [-0.4, -0.2) is 19.2 Å². The highest BCUT2D eigenvalue weighted by Gasteiger charge is 2.12. The first-order chi connectivity index (χ1) is 14.1. The van der Waals surface area contributed by atoms with Gasteiger partial charge in [0.05, 0.1) is 18.3 Å². The number of hydrogen-bond donors (Lipinski definition) is 1. The molecular weight excluding hydrogens is 411 g/mol. The number of ether oxygens (including phenoxy) is 2. The highest BCUT2D eigenvalue weighted by molar-refractivity contribution is 6.32. The molecule has 0 aliphatic carbocycles. The van der Waals surface area contributed by atoms with E-state index < -0.39 is 0 Å². The van der Waals surface area contributed by atoms with Gasteiger partial charge in [0.2, 0.25) is 0 Å². The Morgan fingerprint density at radius 3 is 2.59 bits per heavy atom. The van der Waals surface area contributed by atoms with Crippen LogP contribution in [-0.2, 0) is 6.61 Å². The standard InChI is InChI=1S/C22H18Cl2N2O3/c1-28-20-11-16(13-25-26-22(27)17-8-5-9-18(23)12-17)10-19(24)21(20)29-14-15-6-3-2-4-7-15/h2-13H,14H2,1H3,(H,26,27)/b25-13-. The molecule has 0 aliphatic heterocycles. The van der Waals surface area contributed by atoms with Crippen molar-refractivity contribution in [3.63, 3.8) is 0 Å². The van der Waals surface area contributed by atoms with Crippen LogP contribution in [0.3, 0.4) is 0 Å². The van der Waals surface area contributed by atoms with Crippen LogP contribution in [0.1, 0.15) is 21.5 Å². The third kappa shape index (κ3) is 5.73. The Morgan fingerprint density at radius 1 is 1.07 bits per heavy atom. The van der Waals surface area contributed by atoms with E-state index in [1.165, 1.54) is 13.3 Å². The van der Waals surface area contributed by atoms with Crippen LogP contribution in [0.25, 0.3) is 0 Å². The molecule has 0 fully saturated rings. The molecular formula is C22H18Cl2N2O3. The van der Waals surface area contributed by atoms with Crippen LogP contribution in [0, 0.1) is 0 Å². The van der Waals surface area contributed by atoms with Crippen molar-refractivity contribution in [2.45, 2.75) is 6.61 Å². The molecule has 0 unspecified atom stereocenters. The minimum absolute atomic E-state index is 0.361. The van der Waals surface area contributed by atoms with E-state index in [-0.39, 0.29) is 5.91 Å². The van der Waals surface area contributed by atoms with Gasteiger partial charge in [0, 0.05) is 10.6 Å². The number of benzene rings is 3. The predicted molar refractivity (Wildman–Crippen MR) is 115 cm³/mol. The Kier molecular flexibility index (Phi) is 7.11. The number of nitrogens with zero attached hydrogens (tertiary/aromatic N) is 1. The van der Waals surface area contributed by atoms with Crippen LogP contribution in [0.2, 0.25) is 10.0 Å². The van der Waals surface area contributed by atoms with Crippen molar-refractivity contribution in [3.8, 4) is 11.5 Å². The van der Waals surface area contributed by atoms with Crippen LogP contribution < -0.4 is 14.9 Å². The van der Waals surface area contributed by atoms with Gasteiger partial charge in [0.15, 0.2) is 11.5 Å². The number of amides is 1. The summed E-state index contributed by atoms with van der Waals surface area (Å²) >= 11 is 12.3. The molecule has 0 spiro atoms. The van der Waals surface area contributed by atoms with E-state index in [1.807, 2.05) is 30.3 Å². The molecule has 0 radical (unpaired) electrons. The molecule has 0 aromatic heterocycles. The summed E-state index contributed by atoms with van der Waals surface area (Å²) in [5.74, 6) is 0.541. The monoisotopic (exact) mass is 428 g/mol. The van der Waals surface area contributed by atoms with Gasteiger partial charge in [0.25, 0.3) is 5.91 Å². The summed E-state index contributed by atoms with van der Waals surface area (Å²) in [7, 11) is 1.53. The molecule has 5 nitrogen and oxygen atoms in total. The number of nitrogens with one attached hydrogen (secondary N) is 1. The van der Waals surface area contributed by atoms with Crippen molar-refractivity contribution in [2.75, 3.05) is 7.11 Å². The summed E-state index contributed by atoms with van der Waals surface area (Å²) in [6.45, 7) is 0.361. The van der Waals surface area contributed by atoms with Crippen LogP contribution in [0.5, 0.6) is 11.5 Å². The summed E-state index contributed by atoms with van der Waals surface area (Å²) in [5.41, 5.74) is 4.52. The molecule has 0 aliphatic rings. The first kappa shape index (κ1) is 20.7. The first-order valence-electron chi connectivity index (χ1n) is 8.70. The number of carbonyl (C=O) groups is 1. The summed E-state index contributed by atoms with van der Waals surface area (Å²) in [5, 5.41) is 4.82. The maximum Gasteiger partial charge on any atom is 0.271 e. The van der Waals surface area contributed by atoms with E-state index in [2.05, 4.69) is 10.5 Å². The molecule has 0 atom stereocenters. The summed E-state index contributed by atoms with van der Waals surface area (Å²) in [4.78, 5) is 12.1. The van der Waals surface area contributed by atoms with Crippen LogP contribution in [0.4, 0.5) is 0 Å². The molecule has 148 valence electrons. The van der Waals surface area contributed by atoms with E-state index in [0.717, 1.165) is 5.56 Å². The second kappa shape index (κ2) is 9.96. The minimum Gasteiger partial charge on any atom is -0.493 e. The lowest BCUT2D eigenvalue weighted by molar-refractivity contribution is 0.0955. The Labute approximate surface area is 178 Å². The Hall–Kier alpha value is -3.02. The fraction of sp³-hybridized carbons (Fsp3) is 0.0909. The number of carbonyl (C=O) groups excluding carboxylic acids is 1. The Bertz CT molecular complexity index is 1020. The highest BCUT2D eigenvalue weighted by Crippen LogP contribution is 2.36. The average molecular weight is 429 g/mol. The van der Waals surface area contributed by atoms with E-state index >= 15 is 0 Å². The zero-order valence-electron chi connectivity index (χ0n) is 15.6. The third-order valence-electron chi connectivity index (χ3n) is 3.94. The molecule has 7 heteroatoms. The third-order valence-corrected chi connectivity index (χ3v) is 4.46. The molecule has 1 amide bonds. The number of hydrazone groups is 1. The largest absolute Gasteiger partial charge is 0.493 e. The van der Waals surface area contributed by atoms with E-state index in [4.69, 9.17) is 32.7 Å². The zero-order valence-corrected chi connectivity index (χ0v) is 17.1. The molecule has 0 heterocycles. The van der Waals surface area contributed by atoms with Gasteiger partial charge >= 0.3 is 0 Å². The number of methoxy groups -OCH3 is 1. The fourth-order valence-corrected chi connectivity index (χ4v) is 3.01. The number of hydrogen-bond acceptors (Lipinski definition) is 4. The lowest BCUT2D eigenvalue weighted by Crippen LogP contribution is -2.17. The van der Waals surface area contributed by atoms with Crippen molar-refractivity contribution in [1.82, 2.24) is 5.43 Å². The summed E-state index contributed by atoms with van der Waals surface area (Å²) in [6.07, 6.45) is 1.47. The second-order valence-electron chi connectivity index (χ2n) is 6.02. The van der Waals surface area contributed by atoms with Gasteiger partial charge in [-0.3, -0.25) is 4.79 Å². The SMILES string of the molecule is COc1cc(/C=N\NC(=O)c2cccc(Cl)c2)cc(Cl)c1OCc1ccccc1. The first-order valence-corrected chi connectivity index (χ1v) is 9.45. The number of halogens is 2. The van der Waals surface area contributed by atoms with Gasteiger partial charge in [-0.2, -0.15) is 5.10 Å². The maximum absolute atomic E-state index is 12.1. The zero-order chi connectivity index (χ0) is 20.6. The smallest absolute Gasteiger partial charge is 0.271 e. The molecule has 0 saturated heterocycles. The molecule has 29 heavy (non-hydrogen) atoms. The molecule has 0 saturated carbocycles. The lowest BCUT2D eigenvalue weighted by Gasteiger charge is -2.13. The van der Waals surface area contributed by atoms with Crippen molar-refractivity contribution in [1.29, 1.82) is 0 Å². The van der Waals surface area contributed by atoms with Gasteiger partial charge in [-0.15, -0.1) is 0 Å². The van der Waals surface area contributed by atoms with E-state index in [9.17, 15) is 4.79 Å². The Morgan fingerprint density at radius 2 is 1.86 bits per heavy atom. The lowest BCUT2D eigenvalue weighted by atomic mass is 10.2. The minimum atomic E-state index is -0.371. The number of rotatable bonds is 7. The summed E-state index contributed by atoms with van der Waals surface area (Å²) < 4.78 is 11.2. The van der Waals surface area contributed by atoms with Crippen molar-refractivity contribution in [2.24, 2.45) is 5.10 Å². The van der Waals surface area contributed by atoms with E-state index in [0.29, 0.717) is 39.3 Å². The van der Waals surface area contributed by atoms with Gasteiger partial charge in [-0.1, -0.05) is 59.6 Å². The molecule has 3 rings (SSSR count). The van der Waals surface area contributed by atoms with E-state index in [1.54, 1.807) is 36.4 Å². The topological polar surface area (TPSA) is 59.9 Å². The summed E-state index contributed by atoms with van der Waals surface area (Å²) in [6, 6.07) is 19.7. The van der Waals surface area contributed by atoms with Crippen LogP contribution in [0.15, 0.2) is 71.8 Å². The van der Waals surface area contributed by atoms with Gasteiger partial charge in [0.1, 0.15) is 6.61 Å². The molecule has 0 bridgehead atoms. The van der Waals surface area contributed by atoms with Gasteiger partial charge in [-0.25, -0.2) is 5.43 Å². The maximum atomic E-state index is 12.1. The Balaban J connectivity index is 1.69. The highest BCUT2D eigenvalue weighted by atomic mass is 35.5. The molecule has 1 N–H and O–H groups in total.